The van der Waals surface area contributed by atoms with E-state index in [-0.39, 0.29) is 0 Å². The molecule has 0 aromatic heterocycles. The third kappa shape index (κ3) is 4.59. The maximum absolute atomic E-state index is 4.26. The fourth-order valence-corrected chi connectivity index (χ4v) is 0.596. The second kappa shape index (κ2) is 5.96. The van der Waals surface area contributed by atoms with Gasteiger partial charge in [-0.15, -0.1) is 0 Å². The number of hydrogen-bond acceptors (Lipinski definition) is 2. The molecule has 1 unspecified atom stereocenters. The minimum absolute atomic E-state index is 0.568. The zero-order valence-electron chi connectivity index (χ0n) is 7.89. The van der Waals surface area contributed by atoms with Crippen molar-refractivity contribution in [3.63, 3.8) is 0 Å². The summed E-state index contributed by atoms with van der Waals surface area (Å²) in [5, 5.41) is 2.99. The lowest BCUT2D eigenvalue weighted by molar-refractivity contribution is 0.751. The standard InChI is InChI=1S/C9H18N2/c1-5-8(3)7-11-9(6-2)10-4/h6-8,10H,5H2,1-4H3/b9-6-,11-7-. The minimum atomic E-state index is 0.568. The molecule has 2 nitrogen and oxygen atoms in total. The Morgan fingerprint density at radius 1 is 1.64 bits per heavy atom. The number of aliphatic imine (C=N–C) groups is 1. The number of rotatable bonds is 4. The Bertz CT molecular complexity index is 148. The summed E-state index contributed by atoms with van der Waals surface area (Å²) in [7, 11) is 1.88. The van der Waals surface area contributed by atoms with Crippen LogP contribution in [0.25, 0.3) is 0 Å². The Morgan fingerprint density at radius 3 is 2.64 bits per heavy atom. The lowest BCUT2D eigenvalue weighted by Crippen LogP contribution is -2.04. The summed E-state index contributed by atoms with van der Waals surface area (Å²) in [5.41, 5.74) is 0. The number of hydrogen-bond donors (Lipinski definition) is 1. The molecular formula is C9H18N2. The molecule has 0 heterocycles. The molecule has 2 heteroatoms. The van der Waals surface area contributed by atoms with Crippen molar-refractivity contribution in [1.82, 2.24) is 5.32 Å². The third-order valence-corrected chi connectivity index (χ3v) is 1.64. The van der Waals surface area contributed by atoms with E-state index in [0.29, 0.717) is 5.92 Å². The number of allylic oxidation sites excluding steroid dienone is 1. The first-order valence-corrected chi connectivity index (χ1v) is 4.12. The minimum Gasteiger partial charge on any atom is -0.373 e. The molecule has 0 radical (unpaired) electrons. The molecule has 0 aliphatic rings. The topological polar surface area (TPSA) is 24.4 Å². The molecular weight excluding hydrogens is 136 g/mol. The van der Waals surface area contributed by atoms with E-state index in [1.807, 2.05) is 26.3 Å². The van der Waals surface area contributed by atoms with Crippen LogP contribution in [0.5, 0.6) is 0 Å². The van der Waals surface area contributed by atoms with E-state index in [1.54, 1.807) is 0 Å². The number of nitrogens with zero attached hydrogens (tertiary/aromatic N) is 1. The van der Waals surface area contributed by atoms with Gasteiger partial charge in [0.2, 0.25) is 0 Å². The van der Waals surface area contributed by atoms with Gasteiger partial charge in [-0.25, -0.2) is 4.99 Å². The van der Waals surface area contributed by atoms with Crippen LogP contribution in [0.15, 0.2) is 16.9 Å². The van der Waals surface area contributed by atoms with Gasteiger partial charge in [0.15, 0.2) is 0 Å². The van der Waals surface area contributed by atoms with E-state index in [4.69, 9.17) is 0 Å². The van der Waals surface area contributed by atoms with Crippen LogP contribution in [-0.2, 0) is 0 Å². The van der Waals surface area contributed by atoms with Crippen LogP contribution in [-0.4, -0.2) is 13.3 Å². The molecule has 0 rings (SSSR count). The summed E-state index contributed by atoms with van der Waals surface area (Å²) in [5.74, 6) is 1.50. The van der Waals surface area contributed by atoms with Gasteiger partial charge in [0, 0.05) is 13.3 Å². The summed E-state index contributed by atoms with van der Waals surface area (Å²) in [6, 6.07) is 0. The highest BCUT2D eigenvalue weighted by Crippen LogP contribution is 1.97. The average molecular weight is 154 g/mol. The molecule has 0 fully saturated rings. The SMILES string of the molecule is C/C=C(\N=C/C(C)CC)NC. The molecule has 11 heavy (non-hydrogen) atoms. The molecule has 0 amide bonds. The van der Waals surface area contributed by atoms with Crippen molar-refractivity contribution >= 4 is 6.21 Å². The molecule has 0 aromatic carbocycles. The van der Waals surface area contributed by atoms with Crippen molar-refractivity contribution in [2.45, 2.75) is 27.2 Å². The first-order chi connectivity index (χ1) is 5.24. The average Bonchev–Trinajstić information content (AvgIpc) is 2.06. The molecule has 0 aromatic rings. The molecule has 0 bridgehead atoms. The van der Waals surface area contributed by atoms with Gasteiger partial charge in [-0.1, -0.05) is 13.8 Å². The maximum atomic E-state index is 4.26. The molecule has 0 aliphatic heterocycles. The van der Waals surface area contributed by atoms with E-state index in [1.165, 1.54) is 0 Å². The van der Waals surface area contributed by atoms with Gasteiger partial charge >= 0.3 is 0 Å². The summed E-state index contributed by atoms with van der Waals surface area (Å²) in [4.78, 5) is 4.26. The summed E-state index contributed by atoms with van der Waals surface area (Å²) in [6.07, 6.45) is 5.08. The molecule has 0 aliphatic carbocycles. The Balaban J connectivity index is 3.89. The second-order valence-corrected chi connectivity index (χ2v) is 2.59. The fourth-order valence-electron chi connectivity index (χ4n) is 0.596. The van der Waals surface area contributed by atoms with Crippen molar-refractivity contribution in [3.05, 3.63) is 11.9 Å². The lowest BCUT2D eigenvalue weighted by atomic mass is 10.1. The smallest absolute Gasteiger partial charge is 0.120 e. The fraction of sp³-hybridized carbons (Fsp3) is 0.667. The lowest BCUT2D eigenvalue weighted by Gasteiger charge is -2.01. The third-order valence-electron chi connectivity index (χ3n) is 1.64. The Labute approximate surface area is 69.4 Å². The van der Waals surface area contributed by atoms with Gasteiger partial charge in [-0.2, -0.15) is 0 Å². The zero-order valence-corrected chi connectivity index (χ0v) is 7.89. The van der Waals surface area contributed by atoms with Crippen LogP contribution in [0.3, 0.4) is 0 Å². The normalized spacial score (nSPS) is 15.5. The predicted molar refractivity (Wildman–Crippen MR) is 50.8 cm³/mol. The van der Waals surface area contributed by atoms with Crippen LogP contribution in [0, 0.1) is 5.92 Å². The largest absolute Gasteiger partial charge is 0.373 e. The van der Waals surface area contributed by atoms with Gasteiger partial charge < -0.3 is 5.32 Å². The first-order valence-electron chi connectivity index (χ1n) is 4.12. The van der Waals surface area contributed by atoms with Crippen molar-refractivity contribution in [1.29, 1.82) is 0 Å². The van der Waals surface area contributed by atoms with Crippen LogP contribution >= 0.6 is 0 Å². The molecule has 1 N–H and O–H groups in total. The summed E-state index contributed by atoms with van der Waals surface area (Å²) in [6.45, 7) is 6.29. The van der Waals surface area contributed by atoms with Gasteiger partial charge in [-0.3, -0.25) is 0 Å². The van der Waals surface area contributed by atoms with Gasteiger partial charge in [0.25, 0.3) is 0 Å². The van der Waals surface area contributed by atoms with Crippen LogP contribution in [0.1, 0.15) is 27.2 Å². The van der Waals surface area contributed by atoms with Gasteiger partial charge in [-0.05, 0) is 25.3 Å². The van der Waals surface area contributed by atoms with E-state index in [0.717, 1.165) is 12.2 Å². The van der Waals surface area contributed by atoms with Crippen molar-refractivity contribution < 1.29 is 0 Å². The number of nitrogens with one attached hydrogen (secondary N) is 1. The zero-order chi connectivity index (χ0) is 8.69. The van der Waals surface area contributed by atoms with Gasteiger partial charge in [0.05, 0.1) is 0 Å². The van der Waals surface area contributed by atoms with Crippen LogP contribution < -0.4 is 5.32 Å². The molecule has 64 valence electrons. The Kier molecular flexibility index (Phi) is 5.53. The second-order valence-electron chi connectivity index (χ2n) is 2.59. The van der Waals surface area contributed by atoms with Crippen LogP contribution in [0.2, 0.25) is 0 Å². The van der Waals surface area contributed by atoms with Crippen molar-refractivity contribution in [2.24, 2.45) is 10.9 Å². The molecule has 0 spiro atoms. The Hall–Kier alpha value is -0.790. The van der Waals surface area contributed by atoms with E-state index >= 15 is 0 Å². The van der Waals surface area contributed by atoms with Crippen molar-refractivity contribution in [2.75, 3.05) is 7.05 Å². The Morgan fingerprint density at radius 2 is 2.27 bits per heavy atom. The highest BCUT2D eigenvalue weighted by Gasteiger charge is 1.91. The first kappa shape index (κ1) is 10.2. The highest BCUT2D eigenvalue weighted by atomic mass is 15.0. The summed E-state index contributed by atoms with van der Waals surface area (Å²) < 4.78 is 0. The molecule has 1 atom stereocenters. The monoisotopic (exact) mass is 154 g/mol. The summed E-state index contributed by atoms with van der Waals surface area (Å²) >= 11 is 0. The molecule has 0 saturated carbocycles. The molecule has 0 saturated heterocycles. The van der Waals surface area contributed by atoms with E-state index in [2.05, 4.69) is 24.2 Å². The highest BCUT2D eigenvalue weighted by molar-refractivity contribution is 5.61. The van der Waals surface area contributed by atoms with Gasteiger partial charge in [0.1, 0.15) is 5.82 Å². The van der Waals surface area contributed by atoms with Crippen molar-refractivity contribution in [3.8, 4) is 0 Å². The van der Waals surface area contributed by atoms with E-state index in [9.17, 15) is 0 Å². The van der Waals surface area contributed by atoms with Crippen LogP contribution in [0.4, 0.5) is 0 Å². The van der Waals surface area contributed by atoms with E-state index < -0.39 is 0 Å². The quantitative estimate of drug-likeness (QED) is 0.617. The maximum Gasteiger partial charge on any atom is 0.120 e. The predicted octanol–water partition coefficient (Wildman–Crippen LogP) is 2.18.